The molecule has 5 nitrogen and oxygen atoms in total. The zero-order valence-electron chi connectivity index (χ0n) is 16.9. The summed E-state index contributed by atoms with van der Waals surface area (Å²) in [6, 6.07) is 13.2. The second-order valence-electron chi connectivity index (χ2n) is 7.48. The Labute approximate surface area is 174 Å². The molecule has 0 saturated carbocycles. The van der Waals surface area contributed by atoms with Gasteiger partial charge in [0.25, 0.3) is 5.91 Å². The standard InChI is InChI=1S/C24H23FN2O3/c1-14-21(24(29)27-17-9-3-4-12-20(17)30-2)22(15-7-5-8-16(25)13-15)23-18(26-14)10-6-11-19(23)28/h3-5,7-9,12-13,22,26H,6,10-11H2,1-2H3,(H,27,29)/t22-/m1/s1. The molecule has 0 spiro atoms. The van der Waals surface area contributed by atoms with Crippen LogP contribution < -0.4 is 15.4 Å². The first-order valence-corrected chi connectivity index (χ1v) is 9.93. The zero-order chi connectivity index (χ0) is 21.3. The summed E-state index contributed by atoms with van der Waals surface area (Å²) in [5, 5.41) is 6.16. The van der Waals surface area contributed by atoms with Crippen LogP contribution in [0.3, 0.4) is 0 Å². The lowest BCUT2D eigenvalue weighted by Gasteiger charge is -2.34. The minimum absolute atomic E-state index is 0.00639. The summed E-state index contributed by atoms with van der Waals surface area (Å²) < 4.78 is 19.4. The molecule has 6 heteroatoms. The Morgan fingerprint density at radius 3 is 2.73 bits per heavy atom. The molecule has 0 bridgehead atoms. The molecule has 4 rings (SSSR count). The molecule has 2 N–H and O–H groups in total. The Hall–Kier alpha value is -3.41. The van der Waals surface area contributed by atoms with Crippen molar-refractivity contribution in [1.29, 1.82) is 0 Å². The molecule has 2 aromatic rings. The van der Waals surface area contributed by atoms with Crippen LogP contribution in [-0.4, -0.2) is 18.8 Å². The fourth-order valence-corrected chi connectivity index (χ4v) is 4.24. The number of dihydropyridines is 1. The van der Waals surface area contributed by atoms with Gasteiger partial charge in [0.1, 0.15) is 11.6 Å². The Kier molecular flexibility index (Phi) is 5.40. The maximum absolute atomic E-state index is 14.1. The largest absolute Gasteiger partial charge is 0.495 e. The topological polar surface area (TPSA) is 67.4 Å². The summed E-state index contributed by atoms with van der Waals surface area (Å²) in [4.78, 5) is 26.3. The SMILES string of the molecule is COc1ccccc1NC(=O)C1=C(C)NC2=C(C(=O)CCC2)[C@@H]1c1cccc(F)c1. The number of methoxy groups -OCH3 is 1. The summed E-state index contributed by atoms with van der Waals surface area (Å²) >= 11 is 0. The van der Waals surface area contributed by atoms with E-state index in [1.807, 2.05) is 13.0 Å². The zero-order valence-corrected chi connectivity index (χ0v) is 16.9. The van der Waals surface area contributed by atoms with E-state index in [2.05, 4.69) is 10.6 Å². The van der Waals surface area contributed by atoms with Crippen molar-refractivity contribution in [3.63, 3.8) is 0 Å². The number of amides is 1. The van der Waals surface area contributed by atoms with Crippen molar-refractivity contribution in [2.75, 3.05) is 12.4 Å². The third-order valence-corrected chi connectivity index (χ3v) is 5.56. The molecule has 0 radical (unpaired) electrons. The molecule has 0 fully saturated rings. The highest BCUT2D eigenvalue weighted by molar-refractivity contribution is 6.10. The van der Waals surface area contributed by atoms with E-state index in [1.165, 1.54) is 19.2 Å². The van der Waals surface area contributed by atoms with E-state index in [0.717, 1.165) is 18.5 Å². The molecule has 1 aliphatic heterocycles. The van der Waals surface area contributed by atoms with Gasteiger partial charge in [-0.05, 0) is 49.6 Å². The summed E-state index contributed by atoms with van der Waals surface area (Å²) in [5.74, 6) is -0.862. The van der Waals surface area contributed by atoms with E-state index in [4.69, 9.17) is 4.74 Å². The first-order chi connectivity index (χ1) is 14.5. The number of carbonyl (C=O) groups is 2. The number of carbonyl (C=O) groups excluding carboxylic acids is 2. The van der Waals surface area contributed by atoms with Crippen LogP contribution in [-0.2, 0) is 9.59 Å². The van der Waals surface area contributed by atoms with E-state index >= 15 is 0 Å². The first-order valence-electron chi connectivity index (χ1n) is 9.93. The maximum Gasteiger partial charge on any atom is 0.254 e. The highest BCUT2D eigenvalue weighted by atomic mass is 19.1. The Morgan fingerprint density at radius 1 is 1.17 bits per heavy atom. The Bertz CT molecular complexity index is 1090. The normalized spacial score (nSPS) is 18.6. The van der Waals surface area contributed by atoms with Crippen LogP contribution in [0.15, 0.2) is 71.1 Å². The van der Waals surface area contributed by atoms with Gasteiger partial charge in [-0.2, -0.15) is 0 Å². The van der Waals surface area contributed by atoms with Gasteiger partial charge in [0.15, 0.2) is 5.78 Å². The number of benzene rings is 2. The average Bonchev–Trinajstić information content (AvgIpc) is 2.73. The van der Waals surface area contributed by atoms with Crippen LogP contribution in [0.4, 0.5) is 10.1 Å². The van der Waals surface area contributed by atoms with E-state index < -0.39 is 11.7 Å². The molecule has 2 aromatic carbocycles. The predicted molar refractivity (Wildman–Crippen MR) is 112 cm³/mol. The fraction of sp³-hybridized carbons (Fsp3) is 0.250. The number of hydrogen-bond donors (Lipinski definition) is 2. The van der Waals surface area contributed by atoms with Crippen molar-refractivity contribution < 1.29 is 18.7 Å². The van der Waals surface area contributed by atoms with Gasteiger partial charge in [-0.15, -0.1) is 0 Å². The number of ether oxygens (including phenoxy) is 1. The Morgan fingerprint density at radius 2 is 1.97 bits per heavy atom. The highest BCUT2D eigenvalue weighted by Crippen LogP contribution is 2.42. The second kappa shape index (κ2) is 8.14. The number of Topliss-reactive ketones (excluding diaryl/α,β-unsaturated/α-hetero) is 1. The van der Waals surface area contributed by atoms with Crippen molar-refractivity contribution >= 4 is 17.4 Å². The highest BCUT2D eigenvalue weighted by Gasteiger charge is 2.38. The third kappa shape index (κ3) is 3.61. The van der Waals surface area contributed by atoms with Gasteiger partial charge in [-0.1, -0.05) is 24.3 Å². The number of halogens is 1. The van der Waals surface area contributed by atoms with E-state index in [1.54, 1.807) is 30.3 Å². The van der Waals surface area contributed by atoms with Gasteiger partial charge >= 0.3 is 0 Å². The molecule has 2 aliphatic rings. The molecule has 30 heavy (non-hydrogen) atoms. The quantitative estimate of drug-likeness (QED) is 0.788. The van der Waals surface area contributed by atoms with Crippen molar-refractivity contribution in [2.45, 2.75) is 32.1 Å². The van der Waals surface area contributed by atoms with Crippen LogP contribution in [0.1, 0.15) is 37.7 Å². The molecule has 0 saturated heterocycles. The lowest BCUT2D eigenvalue weighted by molar-refractivity contribution is -0.116. The van der Waals surface area contributed by atoms with Gasteiger partial charge in [0.05, 0.1) is 12.8 Å². The lowest BCUT2D eigenvalue weighted by Crippen LogP contribution is -2.35. The van der Waals surface area contributed by atoms with Gasteiger partial charge in [-0.25, -0.2) is 4.39 Å². The van der Waals surface area contributed by atoms with Crippen molar-refractivity contribution in [3.8, 4) is 5.75 Å². The molecule has 1 amide bonds. The van der Waals surface area contributed by atoms with Crippen molar-refractivity contribution in [1.82, 2.24) is 5.32 Å². The monoisotopic (exact) mass is 406 g/mol. The number of para-hydroxylation sites is 2. The third-order valence-electron chi connectivity index (χ3n) is 5.56. The van der Waals surface area contributed by atoms with E-state index in [0.29, 0.717) is 40.3 Å². The summed E-state index contributed by atoms with van der Waals surface area (Å²) in [5.41, 5.74) is 3.56. The van der Waals surface area contributed by atoms with Crippen LogP contribution >= 0.6 is 0 Å². The van der Waals surface area contributed by atoms with E-state index in [9.17, 15) is 14.0 Å². The number of allylic oxidation sites excluding steroid dienone is 3. The predicted octanol–water partition coefficient (Wildman–Crippen LogP) is 4.44. The minimum atomic E-state index is -0.626. The summed E-state index contributed by atoms with van der Waals surface area (Å²) in [7, 11) is 1.53. The summed E-state index contributed by atoms with van der Waals surface area (Å²) in [6.45, 7) is 1.81. The number of hydrogen-bond acceptors (Lipinski definition) is 4. The van der Waals surface area contributed by atoms with Gasteiger partial charge in [0, 0.05) is 34.9 Å². The molecule has 1 aliphatic carbocycles. The molecule has 1 atom stereocenters. The molecule has 1 heterocycles. The van der Waals surface area contributed by atoms with E-state index in [-0.39, 0.29) is 11.7 Å². The number of nitrogens with one attached hydrogen (secondary N) is 2. The fourth-order valence-electron chi connectivity index (χ4n) is 4.24. The second-order valence-corrected chi connectivity index (χ2v) is 7.48. The average molecular weight is 406 g/mol. The van der Waals surface area contributed by atoms with Gasteiger partial charge in [-0.3, -0.25) is 9.59 Å². The van der Waals surface area contributed by atoms with Gasteiger partial charge < -0.3 is 15.4 Å². The molecular weight excluding hydrogens is 383 g/mol. The van der Waals surface area contributed by atoms with Crippen molar-refractivity contribution in [3.05, 3.63) is 82.5 Å². The molecule has 0 aromatic heterocycles. The maximum atomic E-state index is 14.1. The van der Waals surface area contributed by atoms with Crippen LogP contribution in [0, 0.1) is 5.82 Å². The molecular formula is C24H23FN2O3. The van der Waals surface area contributed by atoms with Gasteiger partial charge in [0.2, 0.25) is 0 Å². The minimum Gasteiger partial charge on any atom is -0.495 e. The Balaban J connectivity index is 1.80. The molecule has 0 unspecified atom stereocenters. The van der Waals surface area contributed by atoms with Crippen LogP contribution in [0.5, 0.6) is 5.75 Å². The van der Waals surface area contributed by atoms with Crippen LogP contribution in [0.25, 0.3) is 0 Å². The summed E-state index contributed by atoms with van der Waals surface area (Å²) in [6.07, 6.45) is 1.91. The smallest absolute Gasteiger partial charge is 0.254 e. The first kappa shape index (κ1) is 19.9. The number of anilines is 1. The lowest BCUT2D eigenvalue weighted by atomic mass is 9.75. The van der Waals surface area contributed by atoms with Crippen molar-refractivity contribution in [2.24, 2.45) is 0 Å². The number of rotatable bonds is 4. The molecule has 154 valence electrons. The number of ketones is 1. The van der Waals surface area contributed by atoms with Crippen LogP contribution in [0.2, 0.25) is 0 Å².